The van der Waals surface area contributed by atoms with Gasteiger partial charge in [-0.15, -0.1) is 0 Å². The molecule has 0 unspecified atom stereocenters. The van der Waals surface area contributed by atoms with E-state index in [1.54, 1.807) is 24.5 Å². The highest BCUT2D eigenvalue weighted by atomic mass is 32.1. The maximum Gasteiger partial charge on any atom is 0.174 e. The number of para-hydroxylation sites is 1. The number of rotatable bonds is 4. The zero-order valence-corrected chi connectivity index (χ0v) is 18.6. The first kappa shape index (κ1) is 20.3. The van der Waals surface area contributed by atoms with Crippen LogP contribution in [0, 0.1) is 19.7 Å². The molecule has 1 aliphatic rings. The smallest absolute Gasteiger partial charge is 0.174 e. The summed E-state index contributed by atoms with van der Waals surface area (Å²) in [4.78, 5) is 10.7. The highest BCUT2D eigenvalue weighted by Gasteiger charge is 2.43. The Balaban J connectivity index is 1.70. The predicted octanol–water partition coefficient (Wildman–Crippen LogP) is 5.20. The zero-order valence-electron chi connectivity index (χ0n) is 17.7. The molecule has 1 saturated heterocycles. The summed E-state index contributed by atoms with van der Waals surface area (Å²) in [6, 6.07) is 18.1. The van der Waals surface area contributed by atoms with Crippen LogP contribution in [0.2, 0.25) is 0 Å². The van der Waals surface area contributed by atoms with Crippen LogP contribution in [0.3, 0.4) is 0 Å². The van der Waals surface area contributed by atoms with Crippen LogP contribution in [0.5, 0.6) is 0 Å². The summed E-state index contributed by atoms with van der Waals surface area (Å²) in [5.41, 5.74) is 5.45. The number of benzene rings is 1. The van der Waals surface area contributed by atoms with Gasteiger partial charge in [-0.05, 0) is 74.1 Å². The van der Waals surface area contributed by atoms with Crippen molar-refractivity contribution < 1.29 is 4.39 Å². The second-order valence-corrected chi connectivity index (χ2v) is 8.21. The first-order chi connectivity index (χ1) is 15.6. The highest BCUT2D eigenvalue weighted by Crippen LogP contribution is 2.44. The summed E-state index contributed by atoms with van der Waals surface area (Å²) in [7, 11) is 0. The minimum atomic E-state index is -0.315. The Morgan fingerprint density at radius 2 is 1.81 bits per heavy atom. The Bertz CT molecular complexity index is 1270. The molecule has 0 amide bonds. The lowest BCUT2D eigenvalue weighted by molar-refractivity contribution is 0.556. The van der Waals surface area contributed by atoms with E-state index in [-0.39, 0.29) is 17.9 Å². The SMILES string of the molecule is Cc1cc([C@H]2[C@@H](c3ccccn3)NC(=S)N2c2ccccc2F)c(C)n1-c1cccnc1. The number of hydrogen-bond donors (Lipinski definition) is 1. The molecule has 3 aromatic heterocycles. The number of hydrogen-bond acceptors (Lipinski definition) is 3. The molecule has 0 radical (unpaired) electrons. The minimum Gasteiger partial charge on any atom is -0.351 e. The van der Waals surface area contributed by atoms with E-state index in [0.29, 0.717) is 10.8 Å². The van der Waals surface area contributed by atoms with E-state index in [9.17, 15) is 4.39 Å². The van der Waals surface area contributed by atoms with Gasteiger partial charge < -0.3 is 14.8 Å². The molecule has 32 heavy (non-hydrogen) atoms. The van der Waals surface area contributed by atoms with E-state index in [2.05, 4.69) is 39.8 Å². The van der Waals surface area contributed by atoms with Gasteiger partial charge in [0.25, 0.3) is 0 Å². The van der Waals surface area contributed by atoms with Crippen LogP contribution in [0.15, 0.2) is 79.3 Å². The maximum absolute atomic E-state index is 14.9. The van der Waals surface area contributed by atoms with Gasteiger partial charge in [0.2, 0.25) is 0 Å². The van der Waals surface area contributed by atoms with Gasteiger partial charge in [-0.25, -0.2) is 4.39 Å². The van der Waals surface area contributed by atoms with Crippen molar-refractivity contribution >= 4 is 23.0 Å². The zero-order chi connectivity index (χ0) is 22.2. The number of aromatic nitrogens is 3. The average molecular weight is 444 g/mol. The molecular weight excluding hydrogens is 421 g/mol. The molecule has 0 saturated carbocycles. The van der Waals surface area contributed by atoms with Crippen LogP contribution in [0.4, 0.5) is 10.1 Å². The Labute approximate surface area is 191 Å². The van der Waals surface area contributed by atoms with E-state index < -0.39 is 0 Å². The number of aryl methyl sites for hydroxylation is 1. The summed E-state index contributed by atoms with van der Waals surface area (Å²) in [6.45, 7) is 4.14. The molecule has 160 valence electrons. The lowest BCUT2D eigenvalue weighted by Gasteiger charge is -2.28. The second-order valence-electron chi connectivity index (χ2n) is 7.82. The van der Waals surface area contributed by atoms with Crippen LogP contribution in [0.25, 0.3) is 5.69 Å². The van der Waals surface area contributed by atoms with Gasteiger partial charge in [0.05, 0.1) is 35.3 Å². The number of thiocarbonyl (C=S) groups is 1. The third-order valence-electron chi connectivity index (χ3n) is 5.90. The van der Waals surface area contributed by atoms with Crippen molar-refractivity contribution in [3.63, 3.8) is 0 Å². The van der Waals surface area contributed by atoms with Gasteiger partial charge in [-0.2, -0.15) is 0 Å². The Kier molecular flexibility index (Phi) is 5.19. The molecule has 1 N–H and O–H groups in total. The molecule has 1 aliphatic heterocycles. The first-order valence-corrected chi connectivity index (χ1v) is 10.8. The van der Waals surface area contributed by atoms with Crippen molar-refractivity contribution in [3.05, 3.63) is 108 Å². The quantitative estimate of drug-likeness (QED) is 0.439. The molecular formula is C25H22FN5S. The predicted molar refractivity (Wildman–Crippen MR) is 127 cm³/mol. The van der Waals surface area contributed by atoms with Gasteiger partial charge in [0.15, 0.2) is 5.11 Å². The number of pyridine rings is 2. The van der Waals surface area contributed by atoms with Crippen molar-refractivity contribution in [1.82, 2.24) is 19.9 Å². The van der Waals surface area contributed by atoms with Crippen LogP contribution in [-0.4, -0.2) is 19.6 Å². The van der Waals surface area contributed by atoms with E-state index in [1.165, 1.54) is 6.07 Å². The van der Waals surface area contributed by atoms with Gasteiger partial charge in [-0.1, -0.05) is 18.2 Å². The normalized spacial score (nSPS) is 18.1. The molecule has 2 atom stereocenters. The Morgan fingerprint density at radius 1 is 1.00 bits per heavy atom. The fraction of sp³-hybridized carbons (Fsp3) is 0.160. The topological polar surface area (TPSA) is 46.0 Å². The molecule has 0 spiro atoms. The summed E-state index contributed by atoms with van der Waals surface area (Å²) < 4.78 is 17.1. The number of halogens is 1. The van der Waals surface area contributed by atoms with Crippen LogP contribution < -0.4 is 10.2 Å². The molecule has 5 rings (SSSR count). The largest absolute Gasteiger partial charge is 0.351 e. The number of nitrogens with zero attached hydrogens (tertiary/aromatic N) is 4. The standard InChI is InChI=1S/C25H22FN5S/c1-16-14-19(17(2)30(16)18-8-7-12-27-15-18)24-23(21-10-5-6-13-28-21)29-25(32)31(24)22-11-4-3-9-20(22)26/h3-15,23-24H,1-2H3,(H,29,32)/t23-,24+/m1/s1. The van der Waals surface area contributed by atoms with Gasteiger partial charge in [0.1, 0.15) is 5.82 Å². The molecule has 0 bridgehead atoms. The molecule has 7 heteroatoms. The summed E-state index contributed by atoms with van der Waals surface area (Å²) in [6.07, 6.45) is 5.36. The maximum atomic E-state index is 14.9. The van der Waals surface area contributed by atoms with E-state index in [1.807, 2.05) is 47.5 Å². The highest BCUT2D eigenvalue weighted by molar-refractivity contribution is 7.80. The summed E-state index contributed by atoms with van der Waals surface area (Å²) >= 11 is 5.72. The molecule has 4 heterocycles. The molecule has 5 nitrogen and oxygen atoms in total. The van der Waals surface area contributed by atoms with Crippen LogP contribution >= 0.6 is 12.2 Å². The van der Waals surface area contributed by atoms with Crippen molar-refractivity contribution in [2.75, 3.05) is 4.90 Å². The van der Waals surface area contributed by atoms with Crippen molar-refractivity contribution in [2.24, 2.45) is 0 Å². The third kappa shape index (κ3) is 3.35. The van der Waals surface area contributed by atoms with Crippen molar-refractivity contribution in [1.29, 1.82) is 0 Å². The molecule has 1 fully saturated rings. The van der Waals surface area contributed by atoms with E-state index in [0.717, 1.165) is 28.3 Å². The fourth-order valence-corrected chi connectivity index (χ4v) is 4.89. The monoisotopic (exact) mass is 443 g/mol. The molecule has 4 aromatic rings. The number of anilines is 1. The van der Waals surface area contributed by atoms with Crippen molar-refractivity contribution in [2.45, 2.75) is 25.9 Å². The summed E-state index contributed by atoms with van der Waals surface area (Å²) in [5, 5.41) is 3.87. The van der Waals surface area contributed by atoms with Gasteiger partial charge in [0, 0.05) is 23.8 Å². The Morgan fingerprint density at radius 3 is 2.53 bits per heavy atom. The summed E-state index contributed by atoms with van der Waals surface area (Å²) in [5.74, 6) is -0.315. The number of nitrogens with one attached hydrogen (secondary N) is 1. The average Bonchev–Trinajstić information content (AvgIpc) is 3.30. The minimum absolute atomic E-state index is 0.230. The second kappa shape index (κ2) is 8.16. The van der Waals surface area contributed by atoms with Crippen molar-refractivity contribution in [3.8, 4) is 5.69 Å². The molecule has 0 aliphatic carbocycles. The van der Waals surface area contributed by atoms with Gasteiger partial charge >= 0.3 is 0 Å². The van der Waals surface area contributed by atoms with Crippen LogP contribution in [0.1, 0.15) is 34.7 Å². The first-order valence-electron chi connectivity index (χ1n) is 10.4. The van der Waals surface area contributed by atoms with E-state index in [4.69, 9.17) is 12.2 Å². The lowest BCUT2D eigenvalue weighted by atomic mass is 9.96. The third-order valence-corrected chi connectivity index (χ3v) is 6.22. The fourth-order valence-electron chi connectivity index (χ4n) is 4.55. The Hall–Kier alpha value is -3.58. The molecule has 1 aromatic carbocycles. The van der Waals surface area contributed by atoms with E-state index >= 15 is 0 Å². The van der Waals surface area contributed by atoms with Crippen LogP contribution in [-0.2, 0) is 0 Å². The lowest BCUT2D eigenvalue weighted by Crippen LogP contribution is -2.30. The van der Waals surface area contributed by atoms with Gasteiger partial charge in [-0.3, -0.25) is 9.97 Å².